The molecule has 0 spiro atoms. The van der Waals surface area contributed by atoms with Gasteiger partial charge in [0.15, 0.2) is 0 Å². The summed E-state index contributed by atoms with van der Waals surface area (Å²) in [7, 11) is 3.66. The van der Waals surface area contributed by atoms with Crippen LogP contribution in [0.4, 0.5) is 4.79 Å². The van der Waals surface area contributed by atoms with E-state index >= 15 is 0 Å². The van der Waals surface area contributed by atoms with Crippen LogP contribution in [0.5, 0.6) is 0 Å². The first kappa shape index (κ1) is 18.0. The molecule has 0 bridgehead atoms. The zero-order chi connectivity index (χ0) is 19.8. The van der Waals surface area contributed by atoms with Crippen molar-refractivity contribution in [2.45, 2.75) is 26.5 Å². The molecule has 144 valence electrons. The second-order valence-electron chi connectivity index (χ2n) is 7.10. The Morgan fingerprint density at radius 2 is 2.14 bits per heavy atom. The summed E-state index contributed by atoms with van der Waals surface area (Å²) in [6, 6.07) is 7.79. The van der Waals surface area contributed by atoms with E-state index in [4.69, 9.17) is 9.72 Å². The lowest BCUT2D eigenvalue weighted by Gasteiger charge is -2.18. The largest absolute Gasteiger partial charge is 0.447 e. The van der Waals surface area contributed by atoms with Crippen LogP contribution in [-0.4, -0.2) is 48.6 Å². The van der Waals surface area contributed by atoms with Gasteiger partial charge >= 0.3 is 6.09 Å². The number of aromatic nitrogens is 5. The number of pyridine rings is 2. The SMILES string of the molecule is CC(C)OC(=O)N(C)Cc1cccc(-c2cc3c(ncc4ncn(C)c43)[nH]2)n1. The van der Waals surface area contributed by atoms with Crippen molar-refractivity contribution in [1.29, 1.82) is 0 Å². The molecule has 0 saturated heterocycles. The molecule has 0 radical (unpaired) electrons. The van der Waals surface area contributed by atoms with Gasteiger partial charge in [0.1, 0.15) is 11.2 Å². The number of fused-ring (bicyclic) bond motifs is 3. The molecule has 28 heavy (non-hydrogen) atoms. The van der Waals surface area contributed by atoms with E-state index in [-0.39, 0.29) is 12.2 Å². The van der Waals surface area contributed by atoms with Crippen LogP contribution in [0, 0.1) is 0 Å². The number of carbonyl (C=O) groups excluding carboxylic acids is 1. The lowest BCUT2D eigenvalue weighted by molar-refractivity contribution is 0.0819. The quantitative estimate of drug-likeness (QED) is 0.587. The molecule has 0 aromatic carbocycles. The highest BCUT2D eigenvalue weighted by Gasteiger charge is 2.15. The van der Waals surface area contributed by atoms with Gasteiger partial charge in [-0.1, -0.05) is 6.07 Å². The first-order valence-corrected chi connectivity index (χ1v) is 9.09. The first-order valence-electron chi connectivity index (χ1n) is 9.09. The molecule has 0 saturated carbocycles. The van der Waals surface area contributed by atoms with Crippen LogP contribution >= 0.6 is 0 Å². The van der Waals surface area contributed by atoms with Crippen LogP contribution < -0.4 is 0 Å². The normalized spacial score (nSPS) is 11.5. The van der Waals surface area contributed by atoms with Gasteiger partial charge in [-0.05, 0) is 32.0 Å². The second-order valence-corrected chi connectivity index (χ2v) is 7.10. The minimum atomic E-state index is -0.365. The van der Waals surface area contributed by atoms with Gasteiger partial charge in [0.05, 0.1) is 47.8 Å². The molecule has 4 rings (SSSR count). The Morgan fingerprint density at radius 3 is 2.93 bits per heavy atom. The molecule has 8 heteroatoms. The number of carbonyl (C=O) groups is 1. The van der Waals surface area contributed by atoms with E-state index < -0.39 is 0 Å². The van der Waals surface area contributed by atoms with Crippen molar-refractivity contribution in [3.05, 3.63) is 42.5 Å². The fourth-order valence-corrected chi connectivity index (χ4v) is 3.18. The van der Waals surface area contributed by atoms with Crippen molar-refractivity contribution in [3.8, 4) is 11.4 Å². The fourth-order valence-electron chi connectivity index (χ4n) is 3.18. The summed E-state index contributed by atoms with van der Waals surface area (Å²) in [6.45, 7) is 4.02. The number of hydrogen-bond donors (Lipinski definition) is 1. The molecular weight excluding hydrogens is 356 g/mol. The summed E-state index contributed by atoms with van der Waals surface area (Å²) in [5, 5.41) is 0.998. The number of rotatable bonds is 4. The maximum atomic E-state index is 12.0. The average molecular weight is 378 g/mol. The lowest BCUT2D eigenvalue weighted by Crippen LogP contribution is -2.29. The standard InChI is InChI=1S/C20H22N6O2/c1-12(2)28-20(27)25(3)10-13-6-5-7-15(23-13)16-8-14-18-17(22-11-26(18)4)9-21-19(14)24-16/h5-9,11-12H,10H2,1-4H3,(H,21,24). The molecule has 4 aromatic heterocycles. The van der Waals surface area contributed by atoms with Crippen molar-refractivity contribution in [1.82, 2.24) is 29.4 Å². The molecular formula is C20H22N6O2. The van der Waals surface area contributed by atoms with Gasteiger partial charge in [-0.15, -0.1) is 0 Å². The predicted molar refractivity (Wildman–Crippen MR) is 107 cm³/mol. The van der Waals surface area contributed by atoms with E-state index in [2.05, 4.69) is 15.0 Å². The molecule has 1 N–H and O–H groups in total. The number of nitrogens with one attached hydrogen (secondary N) is 1. The number of aromatic amines is 1. The van der Waals surface area contributed by atoms with Crippen molar-refractivity contribution in [2.75, 3.05) is 7.05 Å². The van der Waals surface area contributed by atoms with Gasteiger partial charge in [0.2, 0.25) is 0 Å². The van der Waals surface area contributed by atoms with Crippen LogP contribution in [0.2, 0.25) is 0 Å². The summed E-state index contributed by atoms with van der Waals surface area (Å²) in [5.74, 6) is 0. The second kappa shape index (κ2) is 6.95. The van der Waals surface area contributed by atoms with Gasteiger partial charge in [0, 0.05) is 19.5 Å². The van der Waals surface area contributed by atoms with E-state index in [1.807, 2.05) is 49.7 Å². The highest BCUT2D eigenvalue weighted by atomic mass is 16.6. The zero-order valence-electron chi connectivity index (χ0n) is 16.3. The number of nitrogens with zero attached hydrogens (tertiary/aromatic N) is 5. The molecule has 8 nitrogen and oxygen atoms in total. The highest BCUT2D eigenvalue weighted by Crippen LogP contribution is 2.27. The Hall–Kier alpha value is -3.42. The van der Waals surface area contributed by atoms with Gasteiger partial charge in [0.25, 0.3) is 0 Å². The van der Waals surface area contributed by atoms with E-state index in [9.17, 15) is 4.79 Å². The van der Waals surface area contributed by atoms with Crippen molar-refractivity contribution in [2.24, 2.45) is 7.05 Å². The fraction of sp³-hybridized carbons (Fsp3) is 0.300. The monoisotopic (exact) mass is 378 g/mol. The van der Waals surface area contributed by atoms with Gasteiger partial charge in [-0.25, -0.2) is 19.7 Å². The van der Waals surface area contributed by atoms with Gasteiger partial charge < -0.3 is 19.2 Å². The summed E-state index contributed by atoms with van der Waals surface area (Å²) >= 11 is 0. The number of amides is 1. The molecule has 0 aliphatic carbocycles. The molecule has 0 unspecified atom stereocenters. The third-order valence-corrected chi connectivity index (χ3v) is 4.46. The topological polar surface area (TPSA) is 88.9 Å². The van der Waals surface area contributed by atoms with E-state index in [0.717, 1.165) is 39.1 Å². The highest BCUT2D eigenvalue weighted by molar-refractivity contribution is 6.02. The third kappa shape index (κ3) is 3.28. The molecule has 0 aliphatic rings. The minimum absolute atomic E-state index is 0.156. The van der Waals surface area contributed by atoms with Crippen LogP contribution in [0.3, 0.4) is 0 Å². The number of hydrogen-bond acceptors (Lipinski definition) is 5. The Morgan fingerprint density at radius 1 is 1.32 bits per heavy atom. The Balaban J connectivity index is 1.65. The summed E-state index contributed by atoms with van der Waals surface area (Å²) in [5.41, 5.74) is 5.10. The number of imidazole rings is 1. The van der Waals surface area contributed by atoms with Crippen LogP contribution in [-0.2, 0) is 18.3 Å². The summed E-state index contributed by atoms with van der Waals surface area (Å²) in [4.78, 5) is 30.4. The van der Waals surface area contributed by atoms with E-state index in [0.29, 0.717) is 6.54 Å². The lowest BCUT2D eigenvalue weighted by atomic mass is 10.2. The molecule has 0 aliphatic heterocycles. The van der Waals surface area contributed by atoms with Crippen molar-refractivity contribution in [3.63, 3.8) is 0 Å². The molecule has 0 fully saturated rings. The van der Waals surface area contributed by atoms with Gasteiger partial charge in [-0.3, -0.25) is 0 Å². The number of aryl methyl sites for hydroxylation is 1. The van der Waals surface area contributed by atoms with Crippen molar-refractivity contribution >= 4 is 28.2 Å². The Kier molecular flexibility index (Phi) is 4.46. The molecule has 4 aromatic rings. The number of H-pyrrole nitrogens is 1. The van der Waals surface area contributed by atoms with Crippen LogP contribution in [0.25, 0.3) is 33.5 Å². The van der Waals surface area contributed by atoms with Crippen molar-refractivity contribution < 1.29 is 9.53 Å². The Labute approximate surface area is 162 Å². The average Bonchev–Trinajstić information content (AvgIpc) is 3.24. The molecule has 0 atom stereocenters. The van der Waals surface area contributed by atoms with E-state index in [1.54, 1.807) is 19.6 Å². The third-order valence-electron chi connectivity index (χ3n) is 4.46. The maximum Gasteiger partial charge on any atom is 0.410 e. The zero-order valence-corrected chi connectivity index (χ0v) is 16.3. The summed E-state index contributed by atoms with van der Waals surface area (Å²) < 4.78 is 7.20. The number of ether oxygens (including phenoxy) is 1. The molecule has 1 amide bonds. The molecule has 4 heterocycles. The van der Waals surface area contributed by atoms with Gasteiger partial charge in [-0.2, -0.15) is 0 Å². The summed E-state index contributed by atoms with van der Waals surface area (Å²) in [6.07, 6.45) is 3.02. The Bertz CT molecular complexity index is 1160. The minimum Gasteiger partial charge on any atom is -0.447 e. The smallest absolute Gasteiger partial charge is 0.410 e. The van der Waals surface area contributed by atoms with Crippen LogP contribution in [0.15, 0.2) is 36.8 Å². The van der Waals surface area contributed by atoms with Crippen LogP contribution in [0.1, 0.15) is 19.5 Å². The predicted octanol–water partition coefficient (Wildman–Crippen LogP) is 3.49. The first-order chi connectivity index (χ1) is 13.4. The van der Waals surface area contributed by atoms with E-state index in [1.165, 1.54) is 4.90 Å². The maximum absolute atomic E-state index is 12.0.